The molecule has 0 unspecified atom stereocenters. The number of para-hydroxylation sites is 2. The van der Waals surface area contributed by atoms with Gasteiger partial charge in [0, 0.05) is 17.8 Å². The molecule has 1 aliphatic heterocycles. The minimum atomic E-state index is -0.575. The molecule has 7 nitrogen and oxygen atoms in total. The van der Waals surface area contributed by atoms with E-state index < -0.39 is 6.04 Å². The van der Waals surface area contributed by atoms with Gasteiger partial charge < -0.3 is 10.1 Å². The van der Waals surface area contributed by atoms with Gasteiger partial charge in [-0.05, 0) is 37.1 Å². The van der Waals surface area contributed by atoms with Crippen LogP contribution in [0, 0.1) is 0 Å². The topological polar surface area (TPSA) is 76.5 Å². The summed E-state index contributed by atoms with van der Waals surface area (Å²) in [5.74, 6) is 1.06. The van der Waals surface area contributed by atoms with Crippen LogP contribution in [0.25, 0.3) is 11.0 Å². The van der Waals surface area contributed by atoms with E-state index in [1.54, 1.807) is 24.1 Å². The second-order valence-corrected chi connectivity index (χ2v) is 7.21. The summed E-state index contributed by atoms with van der Waals surface area (Å²) in [4.78, 5) is 32.3. The summed E-state index contributed by atoms with van der Waals surface area (Å²) < 4.78 is 7.11. The van der Waals surface area contributed by atoms with Crippen LogP contribution in [0.4, 0.5) is 11.6 Å². The minimum Gasteiger partial charge on any atom is -0.497 e. The van der Waals surface area contributed by atoms with Gasteiger partial charge in [0.2, 0.25) is 11.9 Å². The highest BCUT2D eigenvalue weighted by Gasteiger charge is 2.47. The number of nitrogens with one attached hydrogen (secondary N) is 1. The normalized spacial score (nSPS) is 18.4. The molecule has 2 aliphatic rings. The number of nitrogens with zero attached hydrogens (tertiary/aromatic N) is 3. The number of carbonyl (C=O) groups excluding carboxylic acids is 2. The molecule has 0 saturated heterocycles. The van der Waals surface area contributed by atoms with Crippen molar-refractivity contribution >= 4 is 34.5 Å². The molecule has 1 fully saturated rings. The molecular weight excluding hydrogens is 356 g/mol. The van der Waals surface area contributed by atoms with Gasteiger partial charge in [-0.3, -0.25) is 19.1 Å². The lowest BCUT2D eigenvalue weighted by atomic mass is 10.1. The molecule has 1 aliphatic carbocycles. The summed E-state index contributed by atoms with van der Waals surface area (Å²) in [7, 11) is 1.58. The van der Waals surface area contributed by atoms with Crippen LogP contribution in [-0.4, -0.2) is 34.5 Å². The molecule has 142 valence electrons. The maximum Gasteiger partial charge on any atom is 0.253 e. The summed E-state index contributed by atoms with van der Waals surface area (Å²) in [5, 5.41) is 2.87. The Morgan fingerprint density at radius 3 is 2.82 bits per heavy atom. The molecule has 5 rings (SSSR count). The van der Waals surface area contributed by atoms with Crippen molar-refractivity contribution in [2.24, 2.45) is 0 Å². The van der Waals surface area contributed by atoms with Gasteiger partial charge in [0.1, 0.15) is 11.8 Å². The summed E-state index contributed by atoms with van der Waals surface area (Å²) >= 11 is 0. The van der Waals surface area contributed by atoms with Crippen LogP contribution in [0.5, 0.6) is 5.75 Å². The first-order valence-corrected chi connectivity index (χ1v) is 9.39. The number of hydrogen-bond acceptors (Lipinski definition) is 4. The zero-order valence-electron chi connectivity index (χ0n) is 15.5. The van der Waals surface area contributed by atoms with Crippen molar-refractivity contribution in [2.75, 3.05) is 17.3 Å². The van der Waals surface area contributed by atoms with Crippen LogP contribution in [-0.2, 0) is 9.59 Å². The Kier molecular flexibility index (Phi) is 3.82. The number of imidazole rings is 1. The van der Waals surface area contributed by atoms with E-state index in [0.29, 0.717) is 17.4 Å². The molecule has 2 amide bonds. The predicted octanol–water partition coefficient (Wildman–Crippen LogP) is 3.12. The van der Waals surface area contributed by atoms with E-state index in [2.05, 4.69) is 10.3 Å². The molecule has 0 radical (unpaired) electrons. The largest absolute Gasteiger partial charge is 0.497 e. The van der Waals surface area contributed by atoms with Gasteiger partial charge in [-0.2, -0.15) is 0 Å². The second-order valence-electron chi connectivity index (χ2n) is 7.21. The molecule has 1 aromatic heterocycles. The Labute approximate surface area is 161 Å². The maximum absolute atomic E-state index is 13.1. The summed E-state index contributed by atoms with van der Waals surface area (Å²) in [6.07, 6.45) is 2.03. The number of fused-ring (bicyclic) bond motifs is 3. The number of amides is 2. The van der Waals surface area contributed by atoms with E-state index in [0.717, 1.165) is 23.9 Å². The number of hydrogen-bond donors (Lipinski definition) is 1. The Morgan fingerprint density at radius 2 is 2.04 bits per heavy atom. The number of methoxy groups -OCH3 is 1. The molecule has 7 heteroatoms. The van der Waals surface area contributed by atoms with Gasteiger partial charge in [-0.1, -0.05) is 18.2 Å². The highest BCUT2D eigenvalue weighted by molar-refractivity contribution is 6.05. The Hall–Kier alpha value is -3.35. The molecule has 2 aromatic carbocycles. The number of benzene rings is 2. The Morgan fingerprint density at radius 1 is 1.21 bits per heavy atom. The first kappa shape index (κ1) is 16.8. The third-order valence-corrected chi connectivity index (χ3v) is 5.27. The van der Waals surface area contributed by atoms with Crippen molar-refractivity contribution in [1.29, 1.82) is 0 Å². The second kappa shape index (κ2) is 6.37. The molecule has 28 heavy (non-hydrogen) atoms. The smallest absolute Gasteiger partial charge is 0.253 e. The quantitative estimate of drug-likeness (QED) is 0.742. The molecule has 1 N–H and O–H groups in total. The van der Waals surface area contributed by atoms with Crippen LogP contribution in [0.15, 0.2) is 48.5 Å². The first-order chi connectivity index (χ1) is 13.7. The average Bonchev–Trinajstić information content (AvgIpc) is 3.41. The standard InChI is InChI=1S/C21H20N4O3/c1-28-15-6-4-5-13(11-15)22-19(26)12-18-20(27)24(14-9-10-14)21-23-16-7-2-3-8-17(16)25(18)21/h2-8,11,14,18H,9-10,12H2,1H3,(H,22,26)/t18-/m0/s1. The molecule has 1 saturated carbocycles. The van der Waals surface area contributed by atoms with Crippen LogP contribution in [0.2, 0.25) is 0 Å². The lowest BCUT2D eigenvalue weighted by Crippen LogP contribution is -2.33. The zero-order valence-corrected chi connectivity index (χ0v) is 15.5. The van der Waals surface area contributed by atoms with Crippen molar-refractivity contribution in [1.82, 2.24) is 9.55 Å². The van der Waals surface area contributed by atoms with E-state index in [1.165, 1.54) is 0 Å². The van der Waals surface area contributed by atoms with E-state index in [4.69, 9.17) is 4.74 Å². The first-order valence-electron chi connectivity index (χ1n) is 9.39. The monoisotopic (exact) mass is 376 g/mol. The number of rotatable bonds is 5. The minimum absolute atomic E-state index is 0.0449. The number of carbonyl (C=O) groups is 2. The van der Waals surface area contributed by atoms with Crippen molar-refractivity contribution in [3.8, 4) is 5.75 Å². The van der Waals surface area contributed by atoms with E-state index in [1.807, 2.05) is 41.0 Å². The highest BCUT2D eigenvalue weighted by Crippen LogP contribution is 2.42. The van der Waals surface area contributed by atoms with Gasteiger partial charge in [0.25, 0.3) is 5.91 Å². The SMILES string of the molecule is COc1cccc(NC(=O)C[C@H]2C(=O)N(C3CC3)c3nc4ccccc4n32)c1. The van der Waals surface area contributed by atoms with Gasteiger partial charge in [0.05, 0.1) is 24.6 Å². The maximum atomic E-state index is 13.1. The third kappa shape index (κ3) is 2.70. The van der Waals surface area contributed by atoms with Crippen molar-refractivity contribution in [2.45, 2.75) is 31.3 Å². The van der Waals surface area contributed by atoms with E-state index in [9.17, 15) is 9.59 Å². The predicted molar refractivity (Wildman–Crippen MR) is 106 cm³/mol. The van der Waals surface area contributed by atoms with Crippen molar-refractivity contribution in [3.63, 3.8) is 0 Å². The molecule has 1 atom stereocenters. The third-order valence-electron chi connectivity index (χ3n) is 5.27. The molecule has 3 aromatic rings. The molecule has 0 spiro atoms. The Balaban J connectivity index is 1.45. The van der Waals surface area contributed by atoms with Gasteiger partial charge in [-0.25, -0.2) is 4.98 Å². The van der Waals surface area contributed by atoms with Gasteiger partial charge >= 0.3 is 0 Å². The lowest BCUT2D eigenvalue weighted by Gasteiger charge is -2.15. The zero-order chi connectivity index (χ0) is 19.3. The van der Waals surface area contributed by atoms with Crippen molar-refractivity contribution in [3.05, 3.63) is 48.5 Å². The fraction of sp³-hybridized carbons (Fsp3) is 0.286. The number of ether oxygens (including phenoxy) is 1. The number of aromatic nitrogens is 2. The molecule has 2 heterocycles. The highest BCUT2D eigenvalue weighted by atomic mass is 16.5. The van der Waals surface area contributed by atoms with E-state index >= 15 is 0 Å². The van der Waals surface area contributed by atoms with Crippen LogP contribution in [0.3, 0.4) is 0 Å². The average molecular weight is 376 g/mol. The fourth-order valence-electron chi connectivity index (χ4n) is 3.82. The van der Waals surface area contributed by atoms with Crippen LogP contribution in [0.1, 0.15) is 25.3 Å². The summed E-state index contributed by atoms with van der Waals surface area (Å²) in [6.45, 7) is 0. The van der Waals surface area contributed by atoms with E-state index in [-0.39, 0.29) is 24.3 Å². The molecular formula is C21H20N4O3. The summed E-state index contributed by atoms with van der Waals surface area (Å²) in [6, 6.07) is 14.5. The van der Waals surface area contributed by atoms with Gasteiger partial charge in [-0.15, -0.1) is 0 Å². The van der Waals surface area contributed by atoms with Crippen LogP contribution >= 0.6 is 0 Å². The van der Waals surface area contributed by atoms with Crippen molar-refractivity contribution < 1.29 is 14.3 Å². The fourth-order valence-corrected chi connectivity index (χ4v) is 3.82. The van der Waals surface area contributed by atoms with Crippen LogP contribution < -0.4 is 15.0 Å². The lowest BCUT2D eigenvalue weighted by molar-refractivity contribution is -0.124. The molecule has 0 bridgehead atoms. The Bertz CT molecular complexity index is 1090. The number of anilines is 2. The van der Waals surface area contributed by atoms with Gasteiger partial charge in [0.15, 0.2) is 0 Å². The summed E-state index contributed by atoms with van der Waals surface area (Å²) in [5.41, 5.74) is 2.37.